The first kappa shape index (κ1) is 17.3. The number of aromatic nitrogens is 2. The summed E-state index contributed by atoms with van der Waals surface area (Å²) in [7, 11) is 1.64. The van der Waals surface area contributed by atoms with Crippen LogP contribution in [0.3, 0.4) is 0 Å². The summed E-state index contributed by atoms with van der Waals surface area (Å²) in [4.78, 5) is 12.5. The first-order chi connectivity index (χ1) is 12.0. The van der Waals surface area contributed by atoms with E-state index in [4.69, 9.17) is 9.47 Å². The van der Waals surface area contributed by atoms with Gasteiger partial charge in [-0.05, 0) is 56.5 Å². The Morgan fingerprint density at radius 1 is 1.40 bits per heavy atom. The van der Waals surface area contributed by atoms with Crippen molar-refractivity contribution in [1.82, 2.24) is 15.1 Å². The van der Waals surface area contributed by atoms with Crippen molar-refractivity contribution in [1.29, 1.82) is 0 Å². The molecule has 1 aromatic heterocycles. The molecule has 1 aliphatic rings. The summed E-state index contributed by atoms with van der Waals surface area (Å²) in [5, 5.41) is 7.50. The molecule has 134 valence electrons. The zero-order valence-electron chi connectivity index (χ0n) is 15.3. The van der Waals surface area contributed by atoms with E-state index in [2.05, 4.69) is 24.3 Å². The lowest BCUT2D eigenvalue weighted by Gasteiger charge is -2.25. The van der Waals surface area contributed by atoms with Gasteiger partial charge in [0.15, 0.2) is 0 Å². The van der Waals surface area contributed by atoms with Gasteiger partial charge in [-0.25, -0.2) is 0 Å². The van der Waals surface area contributed by atoms with Crippen molar-refractivity contribution in [3.8, 4) is 11.5 Å². The second-order valence-electron chi connectivity index (χ2n) is 6.50. The SMILES string of the molecule is COc1ccc2c(c1)C[C@H](C(=O)NCCn1nc(C)c(C)c1C)CO2. The van der Waals surface area contributed by atoms with Crippen LogP contribution in [0, 0.1) is 26.7 Å². The molecule has 3 rings (SSSR count). The Labute approximate surface area is 148 Å². The quantitative estimate of drug-likeness (QED) is 0.904. The van der Waals surface area contributed by atoms with Crippen molar-refractivity contribution >= 4 is 5.91 Å². The number of amides is 1. The lowest BCUT2D eigenvalue weighted by molar-refractivity contribution is -0.126. The van der Waals surface area contributed by atoms with Gasteiger partial charge in [-0.15, -0.1) is 0 Å². The number of carbonyl (C=O) groups excluding carboxylic acids is 1. The fourth-order valence-corrected chi connectivity index (χ4v) is 3.10. The molecule has 0 spiro atoms. The van der Waals surface area contributed by atoms with Gasteiger partial charge < -0.3 is 14.8 Å². The molecule has 6 nitrogen and oxygen atoms in total. The summed E-state index contributed by atoms with van der Waals surface area (Å²) in [6, 6.07) is 5.70. The van der Waals surface area contributed by atoms with Crippen LogP contribution in [0.15, 0.2) is 18.2 Å². The van der Waals surface area contributed by atoms with Gasteiger partial charge >= 0.3 is 0 Å². The van der Waals surface area contributed by atoms with Crippen molar-refractivity contribution in [3.05, 3.63) is 40.7 Å². The maximum Gasteiger partial charge on any atom is 0.226 e. The molecule has 2 heterocycles. The summed E-state index contributed by atoms with van der Waals surface area (Å²) in [6.07, 6.45) is 0.664. The Bertz CT molecular complexity index is 782. The van der Waals surface area contributed by atoms with Gasteiger partial charge in [-0.2, -0.15) is 5.10 Å². The zero-order chi connectivity index (χ0) is 18.0. The molecule has 0 radical (unpaired) electrons. The minimum atomic E-state index is -0.179. The number of benzene rings is 1. The Hall–Kier alpha value is -2.50. The normalized spacial score (nSPS) is 16.1. The lowest BCUT2D eigenvalue weighted by Crippen LogP contribution is -2.38. The van der Waals surface area contributed by atoms with E-state index in [9.17, 15) is 4.79 Å². The second-order valence-corrected chi connectivity index (χ2v) is 6.50. The maximum atomic E-state index is 12.5. The van der Waals surface area contributed by atoms with Gasteiger partial charge in [0.05, 0.1) is 25.3 Å². The monoisotopic (exact) mass is 343 g/mol. The molecule has 0 saturated carbocycles. The largest absolute Gasteiger partial charge is 0.497 e. The summed E-state index contributed by atoms with van der Waals surface area (Å²) >= 11 is 0. The number of nitrogens with zero attached hydrogens (tertiary/aromatic N) is 2. The molecular weight excluding hydrogens is 318 g/mol. The van der Waals surface area contributed by atoms with Gasteiger partial charge in [-0.3, -0.25) is 9.48 Å². The number of fused-ring (bicyclic) bond motifs is 1. The number of methoxy groups -OCH3 is 1. The van der Waals surface area contributed by atoms with E-state index in [1.807, 2.05) is 29.8 Å². The van der Waals surface area contributed by atoms with Gasteiger partial charge in [0, 0.05) is 12.2 Å². The first-order valence-corrected chi connectivity index (χ1v) is 8.57. The van der Waals surface area contributed by atoms with Crippen LogP contribution >= 0.6 is 0 Å². The molecule has 25 heavy (non-hydrogen) atoms. The highest BCUT2D eigenvalue weighted by Crippen LogP contribution is 2.30. The first-order valence-electron chi connectivity index (χ1n) is 8.57. The van der Waals surface area contributed by atoms with Crippen LogP contribution in [-0.2, 0) is 17.8 Å². The topological polar surface area (TPSA) is 65.4 Å². The minimum Gasteiger partial charge on any atom is -0.497 e. The maximum absolute atomic E-state index is 12.5. The molecule has 2 aromatic rings. The number of hydrogen-bond acceptors (Lipinski definition) is 4. The molecule has 0 aliphatic carbocycles. The van der Waals surface area contributed by atoms with Crippen LogP contribution in [0.1, 0.15) is 22.5 Å². The average Bonchev–Trinajstić information content (AvgIpc) is 2.87. The summed E-state index contributed by atoms with van der Waals surface area (Å²) in [5.41, 5.74) is 4.40. The Morgan fingerprint density at radius 2 is 2.20 bits per heavy atom. The minimum absolute atomic E-state index is 0.0201. The number of nitrogens with one attached hydrogen (secondary N) is 1. The van der Waals surface area contributed by atoms with E-state index in [0.29, 0.717) is 26.1 Å². The van der Waals surface area contributed by atoms with Crippen LogP contribution in [0.2, 0.25) is 0 Å². The third-order valence-corrected chi connectivity index (χ3v) is 4.91. The van der Waals surface area contributed by atoms with E-state index in [1.54, 1.807) is 7.11 Å². The Balaban J connectivity index is 1.56. The van der Waals surface area contributed by atoms with Crippen LogP contribution in [0.25, 0.3) is 0 Å². The van der Waals surface area contributed by atoms with Gasteiger partial charge in [-0.1, -0.05) is 0 Å². The van der Waals surface area contributed by atoms with Crippen molar-refractivity contribution in [2.24, 2.45) is 5.92 Å². The van der Waals surface area contributed by atoms with Gasteiger partial charge in [0.2, 0.25) is 5.91 Å². The molecule has 1 aromatic carbocycles. The summed E-state index contributed by atoms with van der Waals surface area (Å²) in [6.45, 7) is 7.76. The third-order valence-electron chi connectivity index (χ3n) is 4.91. The lowest BCUT2D eigenvalue weighted by atomic mass is 9.96. The second kappa shape index (κ2) is 7.17. The van der Waals surface area contributed by atoms with Crippen LogP contribution in [0.4, 0.5) is 0 Å². The smallest absolute Gasteiger partial charge is 0.226 e. The average molecular weight is 343 g/mol. The molecule has 1 aliphatic heterocycles. The molecule has 1 N–H and O–H groups in total. The number of carbonyl (C=O) groups is 1. The van der Waals surface area contributed by atoms with Crippen LogP contribution in [0.5, 0.6) is 11.5 Å². The van der Waals surface area contributed by atoms with E-state index in [1.165, 1.54) is 5.56 Å². The summed E-state index contributed by atoms with van der Waals surface area (Å²) in [5.74, 6) is 1.46. The molecule has 6 heteroatoms. The highest BCUT2D eigenvalue weighted by atomic mass is 16.5. The highest BCUT2D eigenvalue weighted by molar-refractivity contribution is 5.79. The van der Waals surface area contributed by atoms with Crippen molar-refractivity contribution < 1.29 is 14.3 Å². The van der Waals surface area contributed by atoms with E-state index in [0.717, 1.165) is 28.5 Å². The van der Waals surface area contributed by atoms with Crippen molar-refractivity contribution in [2.45, 2.75) is 33.7 Å². The van der Waals surface area contributed by atoms with Crippen molar-refractivity contribution in [2.75, 3.05) is 20.3 Å². The fourth-order valence-electron chi connectivity index (χ4n) is 3.10. The molecule has 0 saturated heterocycles. The molecule has 0 unspecified atom stereocenters. The Kier molecular flexibility index (Phi) is 4.97. The standard InChI is InChI=1S/C19H25N3O3/c1-12-13(2)21-22(14(12)3)8-7-20-19(23)16-9-15-10-17(24-4)5-6-18(15)25-11-16/h5-6,10,16H,7-9,11H2,1-4H3,(H,20,23)/t16-/m0/s1. The third kappa shape index (κ3) is 3.62. The predicted molar refractivity (Wildman–Crippen MR) is 95.1 cm³/mol. The van der Waals surface area contributed by atoms with Crippen molar-refractivity contribution in [3.63, 3.8) is 0 Å². The molecule has 1 atom stereocenters. The highest BCUT2D eigenvalue weighted by Gasteiger charge is 2.26. The fraction of sp³-hybridized carbons (Fsp3) is 0.474. The molecule has 1 amide bonds. The van der Waals surface area contributed by atoms with Gasteiger partial charge in [0.25, 0.3) is 0 Å². The number of rotatable bonds is 5. The van der Waals surface area contributed by atoms with E-state index < -0.39 is 0 Å². The zero-order valence-corrected chi connectivity index (χ0v) is 15.3. The summed E-state index contributed by atoms with van der Waals surface area (Å²) < 4.78 is 12.9. The Morgan fingerprint density at radius 3 is 2.88 bits per heavy atom. The van der Waals surface area contributed by atoms with Crippen LogP contribution in [-0.4, -0.2) is 35.9 Å². The van der Waals surface area contributed by atoms with E-state index >= 15 is 0 Å². The number of hydrogen-bond donors (Lipinski definition) is 1. The van der Waals surface area contributed by atoms with Gasteiger partial charge in [0.1, 0.15) is 18.1 Å². The van der Waals surface area contributed by atoms with Crippen LogP contribution < -0.4 is 14.8 Å². The number of ether oxygens (including phenoxy) is 2. The van der Waals surface area contributed by atoms with E-state index in [-0.39, 0.29) is 11.8 Å². The number of aryl methyl sites for hydroxylation is 1. The molecule has 0 fully saturated rings. The molecule has 0 bridgehead atoms. The molecular formula is C19H25N3O3. The predicted octanol–water partition coefficient (Wildman–Crippen LogP) is 2.18.